The van der Waals surface area contributed by atoms with Gasteiger partial charge in [-0.05, 0) is 43.9 Å². The molecule has 2 amide bonds. The van der Waals surface area contributed by atoms with Gasteiger partial charge in [0.25, 0.3) is 0 Å². The number of hydrogen-bond donors (Lipinski definition) is 3. The molecular formula is C15H20N2O4. The van der Waals surface area contributed by atoms with Crippen molar-refractivity contribution in [3.8, 4) is 0 Å². The van der Waals surface area contributed by atoms with E-state index in [0.29, 0.717) is 17.8 Å². The van der Waals surface area contributed by atoms with E-state index in [1.54, 1.807) is 19.1 Å². The molecule has 0 spiro atoms. The van der Waals surface area contributed by atoms with Gasteiger partial charge in [0, 0.05) is 18.8 Å². The lowest BCUT2D eigenvalue weighted by atomic mass is 10.1. The quantitative estimate of drug-likeness (QED) is 0.795. The normalized spacial score (nSPS) is 18.0. The molecule has 1 unspecified atom stereocenters. The van der Waals surface area contributed by atoms with E-state index in [4.69, 9.17) is 9.84 Å². The Bertz CT molecular complexity index is 524. The van der Waals surface area contributed by atoms with Crippen LogP contribution in [0.15, 0.2) is 18.2 Å². The second kappa shape index (κ2) is 7.08. The number of carbonyl (C=O) groups is 2. The van der Waals surface area contributed by atoms with E-state index in [-0.39, 0.29) is 17.7 Å². The van der Waals surface area contributed by atoms with Crippen molar-refractivity contribution >= 4 is 17.7 Å². The minimum absolute atomic E-state index is 0.0657. The van der Waals surface area contributed by atoms with E-state index >= 15 is 0 Å². The van der Waals surface area contributed by atoms with Crippen molar-refractivity contribution in [3.05, 3.63) is 29.3 Å². The molecule has 1 saturated heterocycles. The summed E-state index contributed by atoms with van der Waals surface area (Å²) in [5, 5.41) is 14.5. The number of rotatable bonds is 4. The number of benzene rings is 1. The van der Waals surface area contributed by atoms with Gasteiger partial charge in [-0.3, -0.25) is 0 Å². The van der Waals surface area contributed by atoms with Gasteiger partial charge in [-0.2, -0.15) is 0 Å². The third-order valence-corrected chi connectivity index (χ3v) is 3.58. The van der Waals surface area contributed by atoms with Gasteiger partial charge in [-0.15, -0.1) is 0 Å². The maximum Gasteiger partial charge on any atom is 0.336 e. The van der Waals surface area contributed by atoms with Crippen molar-refractivity contribution in [1.82, 2.24) is 5.32 Å². The molecule has 6 nitrogen and oxygen atoms in total. The van der Waals surface area contributed by atoms with E-state index in [2.05, 4.69) is 10.6 Å². The monoisotopic (exact) mass is 292 g/mol. The number of nitrogens with one attached hydrogen (secondary N) is 2. The molecule has 0 aliphatic carbocycles. The summed E-state index contributed by atoms with van der Waals surface area (Å²) in [6, 6.07) is 4.44. The third kappa shape index (κ3) is 4.19. The molecule has 6 heteroatoms. The zero-order valence-corrected chi connectivity index (χ0v) is 12.0. The number of carbonyl (C=O) groups excluding carboxylic acids is 1. The molecule has 21 heavy (non-hydrogen) atoms. The maximum absolute atomic E-state index is 11.9. The Balaban J connectivity index is 1.90. The molecule has 1 heterocycles. The number of ether oxygens (including phenoxy) is 1. The smallest absolute Gasteiger partial charge is 0.336 e. The zero-order valence-electron chi connectivity index (χ0n) is 12.0. The second-order valence-electron chi connectivity index (χ2n) is 5.11. The fourth-order valence-corrected chi connectivity index (χ4v) is 2.34. The van der Waals surface area contributed by atoms with Crippen molar-refractivity contribution in [3.63, 3.8) is 0 Å². The van der Waals surface area contributed by atoms with Gasteiger partial charge in [0.1, 0.15) is 0 Å². The van der Waals surface area contributed by atoms with Crippen LogP contribution in [-0.2, 0) is 4.74 Å². The van der Waals surface area contributed by atoms with Crippen LogP contribution in [0.1, 0.15) is 35.2 Å². The van der Waals surface area contributed by atoms with Crippen molar-refractivity contribution < 1.29 is 19.4 Å². The summed E-state index contributed by atoms with van der Waals surface area (Å²) in [5.74, 6) is -1.01. The second-order valence-corrected chi connectivity index (χ2v) is 5.11. The summed E-state index contributed by atoms with van der Waals surface area (Å²) in [7, 11) is 0. The van der Waals surface area contributed by atoms with Crippen molar-refractivity contribution in [1.29, 1.82) is 0 Å². The third-order valence-electron chi connectivity index (χ3n) is 3.58. The summed E-state index contributed by atoms with van der Waals surface area (Å²) in [6.45, 7) is 2.88. The molecule has 1 aromatic carbocycles. The fourth-order valence-electron chi connectivity index (χ4n) is 2.34. The highest BCUT2D eigenvalue weighted by atomic mass is 16.5. The van der Waals surface area contributed by atoms with Crippen LogP contribution in [0.5, 0.6) is 0 Å². The van der Waals surface area contributed by atoms with Crippen LogP contribution >= 0.6 is 0 Å². The Morgan fingerprint density at radius 1 is 1.38 bits per heavy atom. The van der Waals surface area contributed by atoms with Crippen LogP contribution in [0, 0.1) is 6.92 Å². The molecule has 1 fully saturated rings. The van der Waals surface area contributed by atoms with Gasteiger partial charge in [0.15, 0.2) is 0 Å². The molecule has 0 saturated carbocycles. The van der Waals surface area contributed by atoms with E-state index in [1.165, 1.54) is 6.07 Å². The summed E-state index contributed by atoms with van der Waals surface area (Å²) >= 11 is 0. The first-order chi connectivity index (χ1) is 10.1. The predicted molar refractivity (Wildman–Crippen MR) is 78.8 cm³/mol. The molecule has 3 N–H and O–H groups in total. The number of amides is 2. The average Bonchev–Trinajstić information content (AvgIpc) is 2.48. The Morgan fingerprint density at radius 2 is 2.19 bits per heavy atom. The highest BCUT2D eigenvalue weighted by Crippen LogP contribution is 2.19. The van der Waals surface area contributed by atoms with Crippen LogP contribution < -0.4 is 10.6 Å². The SMILES string of the molecule is Cc1c(NC(=O)NCC2CCCCO2)cccc1C(=O)O. The lowest BCUT2D eigenvalue weighted by Crippen LogP contribution is -2.37. The summed E-state index contributed by atoms with van der Waals surface area (Å²) < 4.78 is 5.53. The van der Waals surface area contributed by atoms with Gasteiger partial charge in [0.2, 0.25) is 0 Å². The van der Waals surface area contributed by atoms with Gasteiger partial charge < -0.3 is 20.5 Å². The molecule has 114 valence electrons. The van der Waals surface area contributed by atoms with Gasteiger partial charge in [-0.25, -0.2) is 9.59 Å². The van der Waals surface area contributed by atoms with Gasteiger partial charge >= 0.3 is 12.0 Å². The number of carboxylic acids is 1. The average molecular weight is 292 g/mol. The summed E-state index contributed by atoms with van der Waals surface area (Å²) in [5.41, 5.74) is 1.22. The number of carboxylic acid groups (broad SMARTS) is 1. The van der Waals surface area contributed by atoms with Gasteiger partial charge in [0.05, 0.1) is 11.7 Å². The Labute approximate surface area is 123 Å². The highest BCUT2D eigenvalue weighted by Gasteiger charge is 2.15. The fraction of sp³-hybridized carbons (Fsp3) is 0.467. The molecule has 0 radical (unpaired) electrons. The molecule has 2 rings (SSSR count). The molecular weight excluding hydrogens is 272 g/mol. The van der Waals surface area contributed by atoms with Gasteiger partial charge in [-0.1, -0.05) is 6.07 Å². The van der Waals surface area contributed by atoms with Crippen LogP contribution in [0.3, 0.4) is 0 Å². The highest BCUT2D eigenvalue weighted by molar-refractivity contribution is 5.95. The lowest BCUT2D eigenvalue weighted by Gasteiger charge is -2.22. The van der Waals surface area contributed by atoms with Crippen molar-refractivity contribution in [2.75, 3.05) is 18.5 Å². The Morgan fingerprint density at radius 3 is 2.86 bits per heavy atom. The first kappa shape index (κ1) is 15.3. The summed E-state index contributed by atoms with van der Waals surface area (Å²) in [4.78, 5) is 22.9. The van der Waals surface area contributed by atoms with Crippen LogP contribution in [0.25, 0.3) is 0 Å². The first-order valence-electron chi connectivity index (χ1n) is 7.07. The number of hydrogen-bond acceptors (Lipinski definition) is 3. The van der Waals surface area contributed by atoms with Crippen LogP contribution in [-0.4, -0.2) is 36.4 Å². The van der Waals surface area contributed by atoms with E-state index in [9.17, 15) is 9.59 Å². The minimum atomic E-state index is -1.01. The summed E-state index contributed by atoms with van der Waals surface area (Å²) in [6.07, 6.45) is 3.21. The maximum atomic E-state index is 11.9. The van der Waals surface area contributed by atoms with E-state index in [1.807, 2.05) is 0 Å². The van der Waals surface area contributed by atoms with E-state index in [0.717, 1.165) is 25.9 Å². The number of urea groups is 1. The Kier molecular flexibility index (Phi) is 5.16. The predicted octanol–water partition coefficient (Wildman–Crippen LogP) is 2.38. The van der Waals surface area contributed by atoms with Crippen LogP contribution in [0.4, 0.5) is 10.5 Å². The van der Waals surface area contributed by atoms with E-state index < -0.39 is 5.97 Å². The molecule has 1 atom stereocenters. The molecule has 1 aliphatic heterocycles. The topological polar surface area (TPSA) is 87.7 Å². The zero-order chi connectivity index (χ0) is 15.2. The standard InChI is InChI=1S/C15H20N2O4/c1-10-12(14(18)19)6-4-7-13(10)17-15(20)16-9-11-5-2-3-8-21-11/h4,6-7,11H,2-3,5,8-9H2,1H3,(H,18,19)(H2,16,17,20). The molecule has 1 aromatic rings. The number of aromatic carboxylic acids is 1. The molecule has 0 aromatic heterocycles. The molecule has 1 aliphatic rings. The van der Waals surface area contributed by atoms with Crippen molar-refractivity contribution in [2.24, 2.45) is 0 Å². The van der Waals surface area contributed by atoms with Crippen LogP contribution in [0.2, 0.25) is 0 Å². The first-order valence-corrected chi connectivity index (χ1v) is 7.07. The molecule has 0 bridgehead atoms. The minimum Gasteiger partial charge on any atom is -0.478 e. The Hall–Kier alpha value is -2.08. The van der Waals surface area contributed by atoms with Crippen molar-refractivity contribution in [2.45, 2.75) is 32.3 Å². The largest absolute Gasteiger partial charge is 0.478 e. The lowest BCUT2D eigenvalue weighted by molar-refractivity contribution is 0.0187. The number of anilines is 1.